The maximum Gasteiger partial charge on any atom is 0.251 e. The number of anilines is 2. The number of nitrogens with zero attached hydrogens (tertiary/aromatic N) is 1. The van der Waals surface area contributed by atoms with Crippen LogP contribution in [0.2, 0.25) is 0 Å². The van der Waals surface area contributed by atoms with E-state index in [1.54, 1.807) is 36.4 Å². The molecule has 7 nitrogen and oxygen atoms in total. The number of amides is 3. The zero-order valence-corrected chi connectivity index (χ0v) is 16.1. The summed E-state index contributed by atoms with van der Waals surface area (Å²) < 4.78 is 0.872. The van der Waals surface area contributed by atoms with Crippen LogP contribution in [0.3, 0.4) is 0 Å². The van der Waals surface area contributed by atoms with Crippen molar-refractivity contribution in [3.63, 3.8) is 0 Å². The van der Waals surface area contributed by atoms with Gasteiger partial charge in [-0.1, -0.05) is 29.5 Å². The van der Waals surface area contributed by atoms with E-state index in [4.69, 9.17) is 0 Å². The Morgan fingerprint density at radius 3 is 2.57 bits per heavy atom. The number of benzene rings is 2. The number of carbonyl (C=O) groups excluding carboxylic acids is 3. The molecule has 3 amide bonds. The Bertz CT molecular complexity index is 1000. The van der Waals surface area contributed by atoms with Gasteiger partial charge >= 0.3 is 0 Å². The summed E-state index contributed by atoms with van der Waals surface area (Å²) >= 11 is 1.34. The van der Waals surface area contributed by atoms with Crippen LogP contribution in [0.4, 0.5) is 10.8 Å². The second-order valence-corrected chi connectivity index (χ2v) is 7.19. The summed E-state index contributed by atoms with van der Waals surface area (Å²) in [6, 6.07) is 14.3. The van der Waals surface area contributed by atoms with Crippen LogP contribution in [0, 0.1) is 0 Å². The van der Waals surface area contributed by atoms with Crippen LogP contribution in [0.25, 0.3) is 10.2 Å². The van der Waals surface area contributed by atoms with E-state index in [2.05, 4.69) is 20.9 Å². The second kappa shape index (κ2) is 9.09. The van der Waals surface area contributed by atoms with E-state index in [1.807, 2.05) is 12.1 Å². The van der Waals surface area contributed by atoms with E-state index in [0.717, 1.165) is 10.2 Å². The van der Waals surface area contributed by atoms with Gasteiger partial charge in [-0.3, -0.25) is 14.4 Å². The first kappa shape index (κ1) is 19.5. The van der Waals surface area contributed by atoms with Gasteiger partial charge in [0.15, 0.2) is 5.13 Å². The number of aromatic nitrogens is 1. The summed E-state index contributed by atoms with van der Waals surface area (Å²) in [4.78, 5) is 39.5. The maximum atomic E-state index is 12.1. The maximum absolute atomic E-state index is 12.1. The van der Waals surface area contributed by atoms with Crippen LogP contribution in [0.5, 0.6) is 0 Å². The summed E-state index contributed by atoms with van der Waals surface area (Å²) in [7, 11) is 0. The molecule has 0 radical (unpaired) electrons. The van der Waals surface area contributed by atoms with Gasteiger partial charge in [0.05, 0.1) is 10.2 Å². The van der Waals surface area contributed by atoms with Gasteiger partial charge in [0.25, 0.3) is 5.91 Å². The minimum atomic E-state index is -0.157. The number of carbonyl (C=O) groups is 3. The van der Waals surface area contributed by atoms with Crippen molar-refractivity contribution in [2.24, 2.45) is 0 Å². The summed E-state index contributed by atoms with van der Waals surface area (Å²) in [5, 5.41) is 8.80. The van der Waals surface area contributed by atoms with E-state index in [-0.39, 0.29) is 24.1 Å². The van der Waals surface area contributed by atoms with Gasteiger partial charge in [0.2, 0.25) is 11.8 Å². The van der Waals surface area contributed by atoms with Gasteiger partial charge in [0.1, 0.15) is 0 Å². The Hall–Kier alpha value is -3.26. The minimum Gasteiger partial charge on any atom is -0.352 e. The van der Waals surface area contributed by atoms with Crippen molar-refractivity contribution < 1.29 is 14.4 Å². The summed E-state index contributed by atoms with van der Waals surface area (Å²) in [5.41, 5.74) is 2.04. The molecule has 0 aliphatic heterocycles. The molecule has 0 aliphatic rings. The highest BCUT2D eigenvalue weighted by Gasteiger charge is 2.09. The van der Waals surface area contributed by atoms with Crippen molar-refractivity contribution in [1.29, 1.82) is 0 Å². The molecular formula is C20H20N4O3S. The van der Waals surface area contributed by atoms with Crippen LogP contribution in [0.1, 0.15) is 30.1 Å². The van der Waals surface area contributed by atoms with Crippen LogP contribution in [-0.4, -0.2) is 29.3 Å². The van der Waals surface area contributed by atoms with Crippen LogP contribution < -0.4 is 16.0 Å². The molecular weight excluding hydrogens is 376 g/mol. The summed E-state index contributed by atoms with van der Waals surface area (Å²) in [5.74, 6) is -0.450. The third kappa shape index (κ3) is 5.37. The molecule has 1 heterocycles. The first-order valence-electron chi connectivity index (χ1n) is 8.82. The largest absolute Gasteiger partial charge is 0.352 e. The molecule has 0 bridgehead atoms. The van der Waals surface area contributed by atoms with Crippen molar-refractivity contribution in [1.82, 2.24) is 10.3 Å². The Balaban J connectivity index is 1.46. The molecule has 3 rings (SSSR count). The predicted molar refractivity (Wildman–Crippen MR) is 111 cm³/mol. The first-order chi connectivity index (χ1) is 13.5. The molecule has 0 unspecified atom stereocenters. The third-order valence-electron chi connectivity index (χ3n) is 3.86. The molecule has 2 aromatic carbocycles. The normalized spacial score (nSPS) is 10.5. The van der Waals surface area contributed by atoms with E-state index >= 15 is 0 Å². The Morgan fingerprint density at radius 2 is 1.82 bits per heavy atom. The Morgan fingerprint density at radius 1 is 1.04 bits per heavy atom. The summed E-state index contributed by atoms with van der Waals surface area (Å²) in [6.45, 7) is 1.87. The van der Waals surface area contributed by atoms with Gasteiger partial charge in [-0.2, -0.15) is 0 Å². The van der Waals surface area contributed by atoms with Crippen molar-refractivity contribution in [3.8, 4) is 0 Å². The fourth-order valence-corrected chi connectivity index (χ4v) is 3.50. The van der Waals surface area contributed by atoms with Crippen molar-refractivity contribution >= 4 is 50.1 Å². The lowest BCUT2D eigenvalue weighted by molar-refractivity contribution is -0.116. The van der Waals surface area contributed by atoms with Crippen molar-refractivity contribution in [3.05, 3.63) is 54.1 Å². The summed E-state index contributed by atoms with van der Waals surface area (Å²) in [6.07, 6.45) is 0.810. The predicted octanol–water partition coefficient (Wildman–Crippen LogP) is 3.40. The lowest BCUT2D eigenvalue weighted by Crippen LogP contribution is -2.25. The highest BCUT2D eigenvalue weighted by Crippen LogP contribution is 2.28. The molecule has 0 aliphatic carbocycles. The molecule has 28 heavy (non-hydrogen) atoms. The SMILES string of the molecule is CC(=O)Nc1ccc2nc(NC(=O)CCCNC(=O)c3ccccc3)sc2c1. The zero-order valence-electron chi connectivity index (χ0n) is 15.3. The standard InChI is InChI=1S/C20H20N4O3S/c1-13(25)22-15-9-10-16-17(12-15)28-20(23-16)24-18(26)8-5-11-21-19(27)14-6-3-2-4-7-14/h2-4,6-7,9-10,12H,5,8,11H2,1H3,(H,21,27)(H,22,25)(H,23,24,26). The van der Waals surface area contributed by atoms with Gasteiger partial charge in [0, 0.05) is 31.1 Å². The van der Waals surface area contributed by atoms with Gasteiger partial charge in [-0.05, 0) is 36.8 Å². The highest BCUT2D eigenvalue weighted by molar-refractivity contribution is 7.22. The molecule has 3 aromatic rings. The fraction of sp³-hybridized carbons (Fsp3) is 0.200. The average molecular weight is 396 g/mol. The van der Waals surface area contributed by atoms with Crippen molar-refractivity contribution in [2.75, 3.05) is 17.2 Å². The Labute approximate surface area is 166 Å². The fourth-order valence-electron chi connectivity index (χ4n) is 2.58. The quantitative estimate of drug-likeness (QED) is 0.533. The van der Waals surface area contributed by atoms with Gasteiger partial charge in [-0.15, -0.1) is 0 Å². The van der Waals surface area contributed by atoms with Crippen LogP contribution in [-0.2, 0) is 9.59 Å². The molecule has 3 N–H and O–H groups in total. The smallest absolute Gasteiger partial charge is 0.251 e. The average Bonchev–Trinajstić information content (AvgIpc) is 3.06. The highest BCUT2D eigenvalue weighted by atomic mass is 32.1. The van der Waals surface area contributed by atoms with Crippen molar-refractivity contribution in [2.45, 2.75) is 19.8 Å². The molecule has 0 saturated heterocycles. The van der Waals surface area contributed by atoms with Gasteiger partial charge in [-0.25, -0.2) is 4.98 Å². The topological polar surface area (TPSA) is 100 Å². The number of rotatable bonds is 7. The second-order valence-electron chi connectivity index (χ2n) is 6.16. The number of hydrogen-bond donors (Lipinski definition) is 3. The molecule has 0 spiro atoms. The molecule has 8 heteroatoms. The number of fused-ring (bicyclic) bond motifs is 1. The van der Waals surface area contributed by atoms with E-state index in [9.17, 15) is 14.4 Å². The van der Waals surface area contributed by atoms with E-state index in [1.165, 1.54) is 18.3 Å². The van der Waals surface area contributed by atoms with E-state index < -0.39 is 0 Å². The minimum absolute atomic E-state index is 0.142. The lowest BCUT2D eigenvalue weighted by Gasteiger charge is -2.05. The molecule has 0 fully saturated rings. The van der Waals surface area contributed by atoms with Crippen LogP contribution >= 0.6 is 11.3 Å². The number of hydrogen-bond acceptors (Lipinski definition) is 5. The molecule has 1 aromatic heterocycles. The van der Waals surface area contributed by atoms with Crippen LogP contribution in [0.15, 0.2) is 48.5 Å². The number of nitrogens with one attached hydrogen (secondary N) is 3. The lowest BCUT2D eigenvalue weighted by atomic mass is 10.2. The number of thiazole rings is 1. The molecule has 0 saturated carbocycles. The van der Waals surface area contributed by atoms with E-state index in [0.29, 0.717) is 29.3 Å². The molecule has 0 atom stereocenters. The first-order valence-corrected chi connectivity index (χ1v) is 9.64. The molecule has 144 valence electrons. The van der Waals surface area contributed by atoms with Gasteiger partial charge < -0.3 is 16.0 Å². The monoisotopic (exact) mass is 396 g/mol. The zero-order chi connectivity index (χ0) is 19.9. The third-order valence-corrected chi connectivity index (χ3v) is 4.79. The Kier molecular flexibility index (Phi) is 6.33.